The number of nitrogens with zero attached hydrogens (tertiary/aromatic N) is 3. The number of fused-ring (bicyclic) bond motifs is 2. The topological polar surface area (TPSA) is 47.5 Å². The summed E-state index contributed by atoms with van der Waals surface area (Å²) < 4.78 is 24.3. The van der Waals surface area contributed by atoms with Crippen LogP contribution in [0.1, 0.15) is 11.1 Å². The van der Waals surface area contributed by atoms with E-state index in [1.165, 1.54) is 11.6 Å². The predicted molar refractivity (Wildman–Crippen MR) is 93.8 cm³/mol. The van der Waals surface area contributed by atoms with Gasteiger partial charge in [0, 0.05) is 24.5 Å². The highest BCUT2D eigenvalue weighted by molar-refractivity contribution is 5.93. The Morgan fingerprint density at radius 2 is 1.84 bits per heavy atom. The highest BCUT2D eigenvalue weighted by atomic mass is 19.1. The summed E-state index contributed by atoms with van der Waals surface area (Å²) in [4.78, 5) is 2.20. The van der Waals surface area contributed by atoms with Crippen molar-refractivity contribution in [3.8, 4) is 11.5 Å². The maximum Gasteiger partial charge on any atom is 0.162 e. The fourth-order valence-electron chi connectivity index (χ4n) is 3.35. The molecule has 0 spiro atoms. The summed E-state index contributed by atoms with van der Waals surface area (Å²) in [6, 6.07) is 8.75. The maximum atomic E-state index is 13.6. The summed E-state index contributed by atoms with van der Waals surface area (Å²) in [6.07, 6.45) is 2.62. The van der Waals surface area contributed by atoms with E-state index in [-0.39, 0.29) is 5.82 Å². The van der Waals surface area contributed by atoms with Crippen molar-refractivity contribution in [2.24, 2.45) is 0 Å². The molecule has 2 aromatic carbocycles. The van der Waals surface area contributed by atoms with Crippen LogP contribution in [0.2, 0.25) is 0 Å². The van der Waals surface area contributed by atoms with Crippen molar-refractivity contribution < 1.29 is 13.9 Å². The first-order valence-electron chi connectivity index (χ1n) is 8.09. The summed E-state index contributed by atoms with van der Waals surface area (Å²) in [6.45, 7) is 1.48. The fourth-order valence-corrected chi connectivity index (χ4v) is 3.35. The van der Waals surface area contributed by atoms with Gasteiger partial charge in [0.15, 0.2) is 11.5 Å². The van der Waals surface area contributed by atoms with E-state index in [9.17, 15) is 4.39 Å². The van der Waals surface area contributed by atoms with Gasteiger partial charge < -0.3 is 14.4 Å². The lowest BCUT2D eigenvalue weighted by Gasteiger charge is -2.31. The molecular formula is C19H18FN3O2. The summed E-state index contributed by atoms with van der Waals surface area (Å²) in [5, 5.41) is 9.27. The van der Waals surface area contributed by atoms with Crippen LogP contribution >= 0.6 is 0 Å². The Morgan fingerprint density at radius 3 is 2.64 bits per heavy atom. The monoisotopic (exact) mass is 339 g/mol. The van der Waals surface area contributed by atoms with E-state index in [2.05, 4.69) is 15.1 Å². The van der Waals surface area contributed by atoms with Gasteiger partial charge in [-0.15, -0.1) is 0 Å². The van der Waals surface area contributed by atoms with Crippen molar-refractivity contribution in [2.45, 2.75) is 13.0 Å². The summed E-state index contributed by atoms with van der Waals surface area (Å²) in [5.41, 5.74) is 3.90. The molecule has 0 saturated carbocycles. The molecule has 5 nitrogen and oxygen atoms in total. The van der Waals surface area contributed by atoms with Crippen molar-refractivity contribution in [1.29, 1.82) is 0 Å². The molecule has 4 rings (SSSR count). The predicted octanol–water partition coefficient (Wildman–Crippen LogP) is 3.35. The van der Waals surface area contributed by atoms with Crippen LogP contribution in [0, 0.1) is 5.82 Å². The lowest BCUT2D eigenvalue weighted by atomic mass is 9.99. The van der Waals surface area contributed by atoms with Gasteiger partial charge in [0.2, 0.25) is 0 Å². The first-order chi connectivity index (χ1) is 12.2. The Morgan fingerprint density at radius 1 is 1.04 bits per heavy atom. The summed E-state index contributed by atoms with van der Waals surface area (Å²) in [7, 11) is 3.20. The van der Waals surface area contributed by atoms with Gasteiger partial charge in [0.05, 0.1) is 31.6 Å². The van der Waals surface area contributed by atoms with Crippen molar-refractivity contribution in [1.82, 2.24) is 10.2 Å². The van der Waals surface area contributed by atoms with Crippen molar-refractivity contribution >= 4 is 16.6 Å². The lowest BCUT2D eigenvalue weighted by Crippen LogP contribution is -2.30. The van der Waals surface area contributed by atoms with Crippen LogP contribution in [0.15, 0.2) is 36.5 Å². The molecule has 0 fully saturated rings. The van der Waals surface area contributed by atoms with Gasteiger partial charge in [0.1, 0.15) is 5.82 Å². The Labute approximate surface area is 145 Å². The second kappa shape index (κ2) is 6.20. The molecule has 25 heavy (non-hydrogen) atoms. The number of rotatable bonds is 3. The molecule has 1 aromatic heterocycles. The van der Waals surface area contributed by atoms with Crippen molar-refractivity contribution in [3.05, 3.63) is 53.5 Å². The molecule has 3 aromatic rings. The van der Waals surface area contributed by atoms with Gasteiger partial charge in [-0.3, -0.25) is 0 Å². The highest BCUT2D eigenvalue weighted by Gasteiger charge is 2.20. The maximum absolute atomic E-state index is 13.6. The van der Waals surface area contributed by atoms with E-state index < -0.39 is 0 Å². The zero-order chi connectivity index (χ0) is 17.4. The van der Waals surface area contributed by atoms with Crippen molar-refractivity contribution in [3.63, 3.8) is 0 Å². The third-order valence-corrected chi connectivity index (χ3v) is 4.64. The van der Waals surface area contributed by atoms with Crippen LogP contribution in [-0.2, 0) is 13.0 Å². The molecule has 0 unspecified atom stereocenters. The van der Waals surface area contributed by atoms with Crippen LogP contribution in [0.25, 0.3) is 10.9 Å². The van der Waals surface area contributed by atoms with Gasteiger partial charge in [-0.2, -0.15) is 10.2 Å². The third-order valence-electron chi connectivity index (χ3n) is 4.64. The molecule has 2 heterocycles. The standard InChI is InChI=1S/C19H18FN3O2/c1-24-18-8-15-16(9-19(18)25-2)22-21-10-17(15)23-6-5-12-3-4-14(20)7-13(12)11-23/h3-4,7-10H,5-6,11H2,1-2H3. The Hall–Kier alpha value is -2.89. The largest absolute Gasteiger partial charge is 0.493 e. The molecular weight excluding hydrogens is 321 g/mol. The molecule has 0 N–H and O–H groups in total. The van der Waals surface area contributed by atoms with Crippen LogP contribution in [-0.4, -0.2) is 31.0 Å². The molecule has 128 valence electrons. The minimum atomic E-state index is -0.204. The number of hydrogen-bond donors (Lipinski definition) is 0. The van der Waals surface area contributed by atoms with E-state index in [0.29, 0.717) is 18.0 Å². The minimum absolute atomic E-state index is 0.204. The molecule has 6 heteroatoms. The zero-order valence-corrected chi connectivity index (χ0v) is 14.1. The van der Waals surface area contributed by atoms with Gasteiger partial charge in [-0.05, 0) is 35.7 Å². The third kappa shape index (κ3) is 2.73. The summed E-state index contributed by atoms with van der Waals surface area (Å²) in [5.74, 6) is 1.06. The molecule has 0 amide bonds. The Bertz CT molecular complexity index is 945. The van der Waals surface area contributed by atoms with Gasteiger partial charge in [-0.25, -0.2) is 4.39 Å². The molecule has 1 aliphatic heterocycles. The molecule has 0 bridgehead atoms. The highest BCUT2D eigenvalue weighted by Crippen LogP contribution is 2.36. The van der Waals surface area contributed by atoms with E-state index >= 15 is 0 Å². The molecule has 1 aliphatic rings. The second-order valence-corrected chi connectivity index (χ2v) is 6.04. The van der Waals surface area contributed by atoms with Crippen LogP contribution in [0.4, 0.5) is 10.1 Å². The SMILES string of the molecule is COc1cc2nncc(N3CCc4ccc(F)cc4C3)c2cc1OC. The number of halogens is 1. The molecule has 0 aliphatic carbocycles. The number of ether oxygens (including phenoxy) is 2. The van der Waals surface area contributed by atoms with E-state index in [1.54, 1.807) is 26.5 Å². The quantitative estimate of drug-likeness (QED) is 0.732. The van der Waals surface area contributed by atoms with Gasteiger partial charge in [0.25, 0.3) is 0 Å². The average molecular weight is 339 g/mol. The normalized spacial score (nSPS) is 13.6. The number of hydrogen-bond acceptors (Lipinski definition) is 5. The van der Waals surface area contributed by atoms with Crippen LogP contribution in [0.3, 0.4) is 0 Å². The first kappa shape index (κ1) is 15.6. The number of benzene rings is 2. The first-order valence-corrected chi connectivity index (χ1v) is 8.09. The lowest BCUT2D eigenvalue weighted by molar-refractivity contribution is 0.355. The van der Waals surface area contributed by atoms with E-state index in [4.69, 9.17) is 9.47 Å². The number of methoxy groups -OCH3 is 2. The van der Waals surface area contributed by atoms with Gasteiger partial charge >= 0.3 is 0 Å². The molecule has 0 saturated heterocycles. The number of aromatic nitrogens is 2. The van der Waals surface area contributed by atoms with Crippen LogP contribution in [0.5, 0.6) is 11.5 Å². The average Bonchev–Trinajstić information content (AvgIpc) is 2.65. The van der Waals surface area contributed by atoms with Crippen LogP contribution < -0.4 is 14.4 Å². The van der Waals surface area contributed by atoms with E-state index in [0.717, 1.165) is 35.1 Å². The fraction of sp³-hybridized carbons (Fsp3) is 0.263. The van der Waals surface area contributed by atoms with E-state index in [1.807, 2.05) is 18.2 Å². The second-order valence-electron chi connectivity index (χ2n) is 6.04. The molecule has 0 atom stereocenters. The van der Waals surface area contributed by atoms with Gasteiger partial charge in [-0.1, -0.05) is 6.07 Å². The molecule has 0 radical (unpaired) electrons. The minimum Gasteiger partial charge on any atom is -0.493 e. The Kier molecular flexibility index (Phi) is 3.87. The van der Waals surface area contributed by atoms with Crippen molar-refractivity contribution in [2.75, 3.05) is 25.7 Å². The summed E-state index contributed by atoms with van der Waals surface area (Å²) >= 11 is 0. The zero-order valence-electron chi connectivity index (χ0n) is 14.1. The Balaban J connectivity index is 1.79. The number of anilines is 1. The smallest absolute Gasteiger partial charge is 0.162 e.